The number of aliphatic hydroxyl groups excluding tert-OH is 1. The maximum Gasteiger partial charge on any atom is 0.127 e. The monoisotopic (exact) mass is 237 g/mol. The van der Waals surface area contributed by atoms with Crippen LogP contribution in [0.3, 0.4) is 0 Å². The highest BCUT2D eigenvalue weighted by Crippen LogP contribution is 2.26. The van der Waals surface area contributed by atoms with Gasteiger partial charge in [0, 0.05) is 18.7 Å². The second-order valence-electron chi connectivity index (χ2n) is 5.05. The van der Waals surface area contributed by atoms with Crippen molar-refractivity contribution in [1.82, 2.24) is 4.90 Å². The largest absolute Gasteiger partial charge is 0.393 e. The van der Waals surface area contributed by atoms with Crippen LogP contribution >= 0.6 is 0 Å². The van der Waals surface area contributed by atoms with Gasteiger partial charge in [0.15, 0.2) is 0 Å². The van der Waals surface area contributed by atoms with Crippen LogP contribution in [0, 0.1) is 11.7 Å². The molecular formula is C14H20FNO. The number of aliphatic hydroxyl groups is 1. The quantitative estimate of drug-likeness (QED) is 0.869. The first-order valence-corrected chi connectivity index (χ1v) is 6.27. The van der Waals surface area contributed by atoms with Crippen LogP contribution in [0.1, 0.15) is 24.8 Å². The van der Waals surface area contributed by atoms with E-state index in [4.69, 9.17) is 0 Å². The summed E-state index contributed by atoms with van der Waals surface area (Å²) in [6, 6.07) is 6.88. The Balaban J connectivity index is 1.89. The Morgan fingerprint density at radius 1 is 1.35 bits per heavy atom. The zero-order chi connectivity index (χ0) is 12.3. The van der Waals surface area contributed by atoms with Crippen LogP contribution in [0.5, 0.6) is 0 Å². The Labute approximate surface area is 102 Å². The van der Waals surface area contributed by atoms with Crippen molar-refractivity contribution in [3.05, 3.63) is 35.6 Å². The molecule has 0 bridgehead atoms. The number of benzene rings is 1. The van der Waals surface area contributed by atoms with Crippen LogP contribution < -0.4 is 0 Å². The van der Waals surface area contributed by atoms with Gasteiger partial charge in [0.1, 0.15) is 5.82 Å². The van der Waals surface area contributed by atoms with E-state index >= 15 is 0 Å². The second kappa shape index (κ2) is 5.61. The fourth-order valence-corrected chi connectivity index (χ4v) is 2.61. The molecule has 1 aromatic carbocycles. The Kier molecular flexibility index (Phi) is 4.13. The fraction of sp³-hybridized carbons (Fsp3) is 0.571. The molecule has 2 atom stereocenters. The Morgan fingerprint density at radius 3 is 2.76 bits per heavy atom. The molecule has 1 fully saturated rings. The summed E-state index contributed by atoms with van der Waals surface area (Å²) in [4.78, 5) is 2.09. The summed E-state index contributed by atoms with van der Waals surface area (Å²) in [6.07, 6.45) is 2.94. The first-order valence-electron chi connectivity index (χ1n) is 6.27. The van der Waals surface area contributed by atoms with E-state index in [1.54, 1.807) is 6.07 Å². The normalized spacial score (nSPS) is 24.5. The molecule has 2 rings (SSSR count). The zero-order valence-corrected chi connectivity index (χ0v) is 10.3. The van der Waals surface area contributed by atoms with Gasteiger partial charge in [0.25, 0.3) is 0 Å². The molecular weight excluding hydrogens is 217 g/mol. The van der Waals surface area contributed by atoms with E-state index in [0.29, 0.717) is 12.5 Å². The van der Waals surface area contributed by atoms with Gasteiger partial charge in [-0.3, -0.25) is 0 Å². The molecule has 3 heteroatoms. The lowest BCUT2D eigenvalue weighted by Gasteiger charge is -2.23. The lowest BCUT2D eigenvalue weighted by atomic mass is 10.1. The molecule has 2 nitrogen and oxygen atoms in total. The van der Waals surface area contributed by atoms with Gasteiger partial charge in [-0.05, 0) is 31.9 Å². The average molecular weight is 237 g/mol. The van der Waals surface area contributed by atoms with Crippen LogP contribution in [-0.4, -0.2) is 29.7 Å². The highest BCUT2D eigenvalue weighted by molar-refractivity contribution is 5.16. The van der Waals surface area contributed by atoms with Crippen molar-refractivity contribution in [3.8, 4) is 0 Å². The van der Waals surface area contributed by atoms with E-state index in [-0.39, 0.29) is 11.9 Å². The van der Waals surface area contributed by atoms with E-state index in [1.165, 1.54) is 6.07 Å². The van der Waals surface area contributed by atoms with Gasteiger partial charge in [-0.25, -0.2) is 4.39 Å². The number of hydrogen-bond donors (Lipinski definition) is 1. The lowest BCUT2D eigenvalue weighted by Crippen LogP contribution is -2.29. The molecule has 0 amide bonds. The van der Waals surface area contributed by atoms with Crippen LogP contribution in [0.4, 0.5) is 4.39 Å². The highest BCUT2D eigenvalue weighted by Gasteiger charge is 2.26. The Hall–Kier alpha value is -0.930. The molecule has 1 aromatic rings. The molecule has 0 saturated heterocycles. The van der Waals surface area contributed by atoms with E-state index < -0.39 is 0 Å². The molecule has 1 aliphatic carbocycles. The van der Waals surface area contributed by atoms with E-state index in [9.17, 15) is 9.50 Å². The van der Waals surface area contributed by atoms with Crippen molar-refractivity contribution in [3.63, 3.8) is 0 Å². The summed E-state index contributed by atoms with van der Waals surface area (Å²) >= 11 is 0. The first kappa shape index (κ1) is 12.5. The lowest BCUT2D eigenvalue weighted by molar-refractivity contribution is 0.107. The van der Waals surface area contributed by atoms with E-state index in [1.807, 2.05) is 19.2 Å². The van der Waals surface area contributed by atoms with Gasteiger partial charge >= 0.3 is 0 Å². The van der Waals surface area contributed by atoms with Gasteiger partial charge in [-0.15, -0.1) is 0 Å². The Bertz CT molecular complexity index is 369. The van der Waals surface area contributed by atoms with Crippen LogP contribution in [0.2, 0.25) is 0 Å². The SMILES string of the molecule is CN(Cc1ccccc1F)CC1CCCC1O. The predicted molar refractivity (Wildman–Crippen MR) is 66.1 cm³/mol. The summed E-state index contributed by atoms with van der Waals surface area (Å²) in [5.74, 6) is 0.207. The summed E-state index contributed by atoms with van der Waals surface area (Å²) in [5, 5.41) is 9.76. The molecule has 1 aliphatic rings. The number of rotatable bonds is 4. The smallest absolute Gasteiger partial charge is 0.127 e. The number of halogens is 1. The van der Waals surface area contributed by atoms with Gasteiger partial charge < -0.3 is 10.0 Å². The molecule has 0 spiro atoms. The second-order valence-corrected chi connectivity index (χ2v) is 5.05. The third kappa shape index (κ3) is 3.27. The minimum Gasteiger partial charge on any atom is -0.393 e. The molecule has 0 aromatic heterocycles. The third-order valence-corrected chi connectivity index (χ3v) is 3.56. The van der Waals surface area contributed by atoms with Crippen LogP contribution in [0.15, 0.2) is 24.3 Å². The van der Waals surface area contributed by atoms with Gasteiger partial charge in [-0.2, -0.15) is 0 Å². The first-order chi connectivity index (χ1) is 8.16. The molecule has 94 valence electrons. The molecule has 0 heterocycles. The van der Waals surface area contributed by atoms with Crippen molar-refractivity contribution >= 4 is 0 Å². The van der Waals surface area contributed by atoms with E-state index in [0.717, 1.165) is 31.4 Å². The summed E-state index contributed by atoms with van der Waals surface area (Å²) in [7, 11) is 1.98. The molecule has 1 N–H and O–H groups in total. The molecule has 1 saturated carbocycles. The van der Waals surface area contributed by atoms with Gasteiger partial charge in [0.05, 0.1) is 6.10 Å². The van der Waals surface area contributed by atoms with Crippen LogP contribution in [-0.2, 0) is 6.54 Å². The zero-order valence-electron chi connectivity index (χ0n) is 10.3. The van der Waals surface area contributed by atoms with Crippen molar-refractivity contribution < 1.29 is 9.50 Å². The minimum atomic E-state index is -0.168. The molecule has 0 aliphatic heterocycles. The standard InChI is InChI=1S/C14H20FNO/c1-16(10-12-6-4-8-14(12)17)9-11-5-2-3-7-13(11)15/h2-3,5,7,12,14,17H,4,6,8-10H2,1H3. The molecule has 2 unspecified atom stereocenters. The van der Waals surface area contributed by atoms with Gasteiger partial charge in [0.2, 0.25) is 0 Å². The number of nitrogens with zero attached hydrogens (tertiary/aromatic N) is 1. The highest BCUT2D eigenvalue weighted by atomic mass is 19.1. The minimum absolute atomic E-state index is 0.147. The van der Waals surface area contributed by atoms with Crippen molar-refractivity contribution in [2.24, 2.45) is 5.92 Å². The predicted octanol–water partition coefficient (Wildman–Crippen LogP) is 2.42. The van der Waals surface area contributed by atoms with Gasteiger partial charge in [-0.1, -0.05) is 24.6 Å². The summed E-state index contributed by atoms with van der Waals surface area (Å²) in [6.45, 7) is 1.45. The number of hydrogen-bond acceptors (Lipinski definition) is 2. The van der Waals surface area contributed by atoms with Crippen LogP contribution in [0.25, 0.3) is 0 Å². The van der Waals surface area contributed by atoms with Crippen molar-refractivity contribution in [2.45, 2.75) is 31.9 Å². The maximum absolute atomic E-state index is 13.5. The van der Waals surface area contributed by atoms with Crippen molar-refractivity contribution in [2.75, 3.05) is 13.6 Å². The third-order valence-electron chi connectivity index (χ3n) is 3.56. The topological polar surface area (TPSA) is 23.5 Å². The molecule has 0 radical (unpaired) electrons. The average Bonchev–Trinajstić information content (AvgIpc) is 2.68. The van der Waals surface area contributed by atoms with E-state index in [2.05, 4.69) is 4.90 Å². The summed E-state index contributed by atoms with van der Waals surface area (Å²) in [5.41, 5.74) is 0.725. The fourth-order valence-electron chi connectivity index (χ4n) is 2.61. The maximum atomic E-state index is 13.5. The molecule has 17 heavy (non-hydrogen) atoms. The summed E-state index contributed by atoms with van der Waals surface area (Å²) < 4.78 is 13.5. The Morgan fingerprint density at radius 2 is 2.12 bits per heavy atom. The van der Waals surface area contributed by atoms with Crippen molar-refractivity contribution in [1.29, 1.82) is 0 Å².